The molecule has 1 unspecified atom stereocenters. The number of aliphatic hydroxyl groups is 3. The molecule has 1 fully saturated rings. The van der Waals surface area contributed by atoms with Gasteiger partial charge in [-0.15, -0.1) is 0 Å². The van der Waals surface area contributed by atoms with Gasteiger partial charge >= 0.3 is 0 Å². The number of aromatic nitrogens is 2. The fourth-order valence-electron chi connectivity index (χ4n) is 1.81. The zero-order chi connectivity index (χ0) is 12.4. The number of hydrogen-bond acceptors (Lipinski definition) is 6. The molecule has 1 aliphatic heterocycles. The minimum atomic E-state index is -1.11. The summed E-state index contributed by atoms with van der Waals surface area (Å²) in [7, 11) is 0. The summed E-state index contributed by atoms with van der Waals surface area (Å²) >= 11 is 0. The lowest BCUT2D eigenvalue weighted by molar-refractivity contribution is -0.0253. The molecule has 0 saturated carbocycles. The van der Waals surface area contributed by atoms with E-state index in [1.165, 1.54) is 0 Å². The normalized spacial score (nSPS) is 32.9. The maximum Gasteiger partial charge on any atom is 0.159 e. The summed E-state index contributed by atoms with van der Waals surface area (Å²) in [6.45, 7) is 1.65. The largest absolute Gasteiger partial charge is 0.394 e. The lowest BCUT2D eigenvalue weighted by atomic mass is 10.1. The Balaban J connectivity index is 2.16. The van der Waals surface area contributed by atoms with Crippen LogP contribution in [0, 0.1) is 0 Å². The number of hydrogen-bond donors (Lipinski definition) is 3. The zero-order valence-corrected chi connectivity index (χ0v) is 9.52. The molecule has 2 rings (SSSR count). The third-order valence-corrected chi connectivity index (χ3v) is 2.93. The van der Waals surface area contributed by atoms with E-state index in [1.54, 1.807) is 12.4 Å². The maximum atomic E-state index is 9.77. The van der Waals surface area contributed by atoms with Gasteiger partial charge in [-0.05, 0) is 12.0 Å². The molecule has 0 spiro atoms. The van der Waals surface area contributed by atoms with Gasteiger partial charge in [0.2, 0.25) is 0 Å². The highest BCUT2D eigenvalue weighted by molar-refractivity contribution is 5.09. The van der Waals surface area contributed by atoms with Crippen LogP contribution in [-0.4, -0.2) is 50.2 Å². The number of aryl methyl sites for hydroxylation is 1. The quantitative estimate of drug-likeness (QED) is 0.639. The van der Waals surface area contributed by atoms with E-state index in [2.05, 4.69) is 9.97 Å². The second kappa shape index (κ2) is 5.05. The van der Waals surface area contributed by atoms with Crippen LogP contribution in [0.25, 0.3) is 0 Å². The molecule has 0 aliphatic carbocycles. The maximum absolute atomic E-state index is 9.77. The van der Waals surface area contributed by atoms with Gasteiger partial charge in [0.05, 0.1) is 6.61 Å². The van der Waals surface area contributed by atoms with Crippen molar-refractivity contribution in [1.82, 2.24) is 9.97 Å². The van der Waals surface area contributed by atoms with E-state index in [1.807, 2.05) is 6.92 Å². The third-order valence-electron chi connectivity index (χ3n) is 2.93. The molecule has 1 aliphatic rings. The van der Waals surface area contributed by atoms with Gasteiger partial charge in [0.15, 0.2) is 5.82 Å². The predicted molar refractivity (Wildman–Crippen MR) is 58.1 cm³/mol. The van der Waals surface area contributed by atoms with Crippen molar-refractivity contribution in [2.45, 2.75) is 37.8 Å². The molecule has 94 valence electrons. The Kier molecular flexibility index (Phi) is 3.68. The lowest BCUT2D eigenvalue weighted by Gasteiger charge is -2.12. The van der Waals surface area contributed by atoms with Crippen molar-refractivity contribution in [3.05, 3.63) is 23.8 Å². The topological polar surface area (TPSA) is 95.7 Å². The Labute approximate surface area is 98.9 Å². The summed E-state index contributed by atoms with van der Waals surface area (Å²) in [5, 5.41) is 28.3. The number of rotatable bonds is 3. The minimum Gasteiger partial charge on any atom is -0.394 e. The summed E-state index contributed by atoms with van der Waals surface area (Å²) in [5.74, 6) is 0.324. The Morgan fingerprint density at radius 3 is 2.35 bits per heavy atom. The first-order valence-corrected chi connectivity index (χ1v) is 5.60. The first-order valence-electron chi connectivity index (χ1n) is 5.60. The predicted octanol–water partition coefficient (Wildman–Crippen LogP) is -0.807. The second-order valence-corrected chi connectivity index (χ2v) is 4.06. The summed E-state index contributed by atoms with van der Waals surface area (Å²) < 4.78 is 5.32. The summed E-state index contributed by atoms with van der Waals surface area (Å²) in [4.78, 5) is 8.19. The highest BCUT2D eigenvalue weighted by Crippen LogP contribution is 2.31. The summed E-state index contributed by atoms with van der Waals surface area (Å²) in [6, 6.07) is 0. The minimum absolute atomic E-state index is 0.324. The van der Waals surface area contributed by atoms with Gasteiger partial charge in [0.25, 0.3) is 0 Å². The Bertz CT molecular complexity index is 370. The smallest absolute Gasteiger partial charge is 0.159 e. The van der Waals surface area contributed by atoms with Crippen LogP contribution in [0.5, 0.6) is 0 Å². The fraction of sp³-hybridized carbons (Fsp3) is 0.636. The van der Waals surface area contributed by atoms with Crippen LogP contribution in [0.15, 0.2) is 12.4 Å². The van der Waals surface area contributed by atoms with Crippen molar-refractivity contribution >= 4 is 0 Å². The van der Waals surface area contributed by atoms with Crippen molar-refractivity contribution in [1.29, 1.82) is 0 Å². The van der Waals surface area contributed by atoms with Gasteiger partial charge in [0.1, 0.15) is 24.4 Å². The Hall–Kier alpha value is -1.08. The van der Waals surface area contributed by atoms with E-state index < -0.39 is 24.4 Å². The third kappa shape index (κ3) is 2.30. The molecule has 1 aromatic heterocycles. The standard InChI is InChI=1S/C11H16N2O4/c1-2-6-3-12-11(13-4-6)10-9(16)8(15)7(5-14)17-10/h3-4,7-10,14-16H,2,5H2,1H3/t7-,8-,9+,10?/m1/s1. The van der Waals surface area contributed by atoms with Crippen LogP contribution >= 0.6 is 0 Å². The Morgan fingerprint density at radius 2 is 1.88 bits per heavy atom. The molecule has 4 atom stereocenters. The van der Waals surface area contributed by atoms with Gasteiger partial charge < -0.3 is 20.1 Å². The average Bonchev–Trinajstić information content (AvgIpc) is 2.66. The average molecular weight is 240 g/mol. The van der Waals surface area contributed by atoms with Crippen LogP contribution < -0.4 is 0 Å². The van der Waals surface area contributed by atoms with E-state index in [0.717, 1.165) is 12.0 Å². The summed E-state index contributed by atoms with van der Waals surface area (Å²) in [5.41, 5.74) is 0.987. The SMILES string of the molecule is CCc1cnc(C2O[C@H](CO)[C@@H](O)[C@@H]2O)nc1. The molecule has 0 amide bonds. The first-order chi connectivity index (χ1) is 8.17. The molecule has 0 aromatic carbocycles. The molecule has 2 heterocycles. The molecule has 17 heavy (non-hydrogen) atoms. The van der Waals surface area contributed by atoms with Crippen LogP contribution in [0.3, 0.4) is 0 Å². The van der Waals surface area contributed by atoms with E-state index in [0.29, 0.717) is 5.82 Å². The van der Waals surface area contributed by atoms with Crippen molar-refractivity contribution in [3.63, 3.8) is 0 Å². The highest BCUT2D eigenvalue weighted by Gasteiger charge is 2.44. The Morgan fingerprint density at radius 1 is 1.24 bits per heavy atom. The van der Waals surface area contributed by atoms with Gasteiger partial charge in [-0.25, -0.2) is 9.97 Å². The summed E-state index contributed by atoms with van der Waals surface area (Å²) in [6.07, 6.45) is 0.362. The molecule has 0 bridgehead atoms. The molecule has 6 nitrogen and oxygen atoms in total. The van der Waals surface area contributed by atoms with Crippen LogP contribution in [0.4, 0.5) is 0 Å². The fourth-order valence-corrected chi connectivity index (χ4v) is 1.81. The van der Waals surface area contributed by atoms with E-state index in [4.69, 9.17) is 9.84 Å². The zero-order valence-electron chi connectivity index (χ0n) is 9.52. The van der Waals surface area contributed by atoms with Crippen molar-refractivity contribution < 1.29 is 20.1 Å². The molecular formula is C11H16N2O4. The van der Waals surface area contributed by atoms with Crippen molar-refractivity contribution in [2.24, 2.45) is 0 Å². The highest BCUT2D eigenvalue weighted by atomic mass is 16.6. The molecule has 0 radical (unpaired) electrons. The van der Waals surface area contributed by atoms with Gasteiger partial charge in [-0.2, -0.15) is 0 Å². The monoisotopic (exact) mass is 240 g/mol. The van der Waals surface area contributed by atoms with Crippen molar-refractivity contribution in [2.75, 3.05) is 6.61 Å². The van der Waals surface area contributed by atoms with E-state index in [9.17, 15) is 10.2 Å². The molecule has 1 aromatic rings. The molecule has 3 N–H and O–H groups in total. The molecule has 1 saturated heterocycles. The number of nitrogens with zero attached hydrogens (tertiary/aromatic N) is 2. The van der Waals surface area contributed by atoms with Crippen LogP contribution in [-0.2, 0) is 11.2 Å². The number of ether oxygens (including phenoxy) is 1. The van der Waals surface area contributed by atoms with Crippen molar-refractivity contribution in [3.8, 4) is 0 Å². The lowest BCUT2D eigenvalue weighted by Crippen LogP contribution is -2.32. The molecular weight excluding hydrogens is 224 g/mol. The van der Waals surface area contributed by atoms with Gasteiger partial charge in [-0.3, -0.25) is 0 Å². The van der Waals surface area contributed by atoms with Gasteiger partial charge in [-0.1, -0.05) is 6.92 Å². The first kappa shape index (κ1) is 12.4. The number of aliphatic hydroxyl groups excluding tert-OH is 3. The van der Waals surface area contributed by atoms with E-state index in [-0.39, 0.29) is 6.61 Å². The van der Waals surface area contributed by atoms with Crippen LogP contribution in [0.2, 0.25) is 0 Å². The van der Waals surface area contributed by atoms with E-state index >= 15 is 0 Å². The second-order valence-electron chi connectivity index (χ2n) is 4.06. The molecule has 6 heteroatoms. The van der Waals surface area contributed by atoms with Gasteiger partial charge in [0, 0.05) is 12.4 Å². The van der Waals surface area contributed by atoms with Crippen LogP contribution in [0.1, 0.15) is 24.4 Å².